The molecule has 49 heavy (non-hydrogen) atoms. The van der Waals surface area contributed by atoms with E-state index in [1.54, 1.807) is 29.4 Å². The van der Waals surface area contributed by atoms with Gasteiger partial charge in [0.05, 0.1) is 18.7 Å². The first kappa shape index (κ1) is 32.5. The predicted molar refractivity (Wildman–Crippen MR) is 183 cm³/mol. The van der Waals surface area contributed by atoms with E-state index in [4.69, 9.17) is 14.2 Å². The molecule has 2 unspecified atom stereocenters. The minimum absolute atomic E-state index is 0.120. The molecule has 3 aromatic carbocycles. The zero-order valence-corrected chi connectivity index (χ0v) is 28.0. The van der Waals surface area contributed by atoms with Crippen LogP contribution in [0.4, 0.5) is 15.8 Å². The van der Waals surface area contributed by atoms with Gasteiger partial charge >= 0.3 is 5.69 Å². The molecule has 256 valence electrons. The highest BCUT2D eigenvalue weighted by Gasteiger charge is 2.44. The topological polar surface area (TPSA) is 105 Å². The van der Waals surface area contributed by atoms with Crippen molar-refractivity contribution in [2.75, 3.05) is 49.2 Å². The first-order valence-electron chi connectivity index (χ1n) is 16.6. The second kappa shape index (κ2) is 13.8. The predicted octanol–water partition coefficient (Wildman–Crippen LogP) is 4.17. The smallest absolute Gasteiger partial charge is 0.350 e. The van der Waals surface area contributed by atoms with Crippen LogP contribution < -0.4 is 20.2 Å². The summed E-state index contributed by atoms with van der Waals surface area (Å²) in [7, 11) is 1.86. The van der Waals surface area contributed by atoms with Crippen molar-refractivity contribution >= 4 is 11.4 Å². The van der Waals surface area contributed by atoms with Crippen molar-refractivity contribution in [3.63, 3.8) is 0 Å². The van der Waals surface area contributed by atoms with Crippen molar-refractivity contribution in [1.29, 1.82) is 0 Å². The highest BCUT2D eigenvalue weighted by Crippen LogP contribution is 2.37. The molecule has 0 saturated carbocycles. The summed E-state index contributed by atoms with van der Waals surface area (Å²) in [6.45, 7) is 8.95. The van der Waals surface area contributed by atoms with E-state index in [1.165, 1.54) is 16.8 Å². The molecule has 0 bridgehead atoms. The van der Waals surface area contributed by atoms with Crippen LogP contribution in [0.5, 0.6) is 5.75 Å². The third-order valence-corrected chi connectivity index (χ3v) is 9.01. The van der Waals surface area contributed by atoms with Gasteiger partial charge in [0.25, 0.3) is 0 Å². The number of aryl methyl sites for hydroxylation is 1. The summed E-state index contributed by atoms with van der Waals surface area (Å²) >= 11 is 0. The van der Waals surface area contributed by atoms with E-state index in [0.717, 1.165) is 49.0 Å². The normalized spacial score (nSPS) is 19.6. The van der Waals surface area contributed by atoms with Crippen LogP contribution >= 0.6 is 0 Å². The first-order chi connectivity index (χ1) is 23.8. The van der Waals surface area contributed by atoms with Gasteiger partial charge in [0.15, 0.2) is 0 Å². The van der Waals surface area contributed by atoms with Crippen LogP contribution in [0.15, 0.2) is 90.2 Å². The molecule has 13 heteroatoms. The van der Waals surface area contributed by atoms with Crippen molar-refractivity contribution in [3.8, 4) is 11.4 Å². The number of anilines is 2. The summed E-state index contributed by atoms with van der Waals surface area (Å²) in [6.07, 6.45) is 3.23. The molecular weight excluding hydrogens is 627 g/mol. The van der Waals surface area contributed by atoms with Crippen molar-refractivity contribution in [2.24, 2.45) is 13.0 Å². The lowest BCUT2D eigenvalue weighted by Crippen LogP contribution is -2.46. The fourth-order valence-electron chi connectivity index (χ4n) is 6.37. The standard InChI is InChI=1S/C36H41FN8O4/c1-26(2)21-44-25-39-45(35(44)46)31-10-8-29(9-11-31)42-16-18-43(19-17-42)30-12-14-32(15-13-30)47-22-33-23-48-36(49-33,20-34-40-38-24-41(34)3)27-4-6-28(37)7-5-27/h4-15,24-26,33H,16-23H2,1-3H3. The number of nitrogens with zero attached hydrogens (tertiary/aromatic N) is 8. The highest BCUT2D eigenvalue weighted by atomic mass is 19.1. The Morgan fingerprint density at radius 3 is 2.14 bits per heavy atom. The largest absolute Gasteiger partial charge is 0.491 e. The van der Waals surface area contributed by atoms with Gasteiger partial charge in [0.1, 0.15) is 42.8 Å². The van der Waals surface area contributed by atoms with Crippen LogP contribution in [-0.2, 0) is 35.3 Å². The second-order valence-electron chi connectivity index (χ2n) is 13.0. The summed E-state index contributed by atoms with van der Waals surface area (Å²) < 4.78 is 37.5. The Kier molecular flexibility index (Phi) is 9.19. The number of halogens is 1. The third kappa shape index (κ3) is 7.08. The molecule has 0 aliphatic carbocycles. The zero-order valence-electron chi connectivity index (χ0n) is 28.0. The van der Waals surface area contributed by atoms with E-state index >= 15 is 0 Å². The van der Waals surface area contributed by atoms with Gasteiger partial charge in [-0.1, -0.05) is 26.0 Å². The Balaban J connectivity index is 0.919. The lowest BCUT2D eigenvalue weighted by atomic mass is 10.0. The van der Waals surface area contributed by atoms with Crippen molar-refractivity contribution in [2.45, 2.75) is 38.7 Å². The molecule has 2 aromatic heterocycles. The Morgan fingerprint density at radius 2 is 1.53 bits per heavy atom. The Bertz CT molecular complexity index is 1900. The number of hydrogen-bond donors (Lipinski definition) is 0. The molecule has 0 N–H and O–H groups in total. The minimum Gasteiger partial charge on any atom is -0.491 e. The second-order valence-corrected chi connectivity index (χ2v) is 13.0. The lowest BCUT2D eigenvalue weighted by Gasteiger charge is -2.37. The average molecular weight is 669 g/mol. The first-order valence-corrected chi connectivity index (χ1v) is 16.6. The van der Waals surface area contributed by atoms with Crippen LogP contribution in [0.3, 0.4) is 0 Å². The number of piperazine rings is 1. The molecule has 5 aromatic rings. The monoisotopic (exact) mass is 668 g/mol. The molecule has 2 saturated heterocycles. The van der Waals surface area contributed by atoms with Crippen LogP contribution in [0.1, 0.15) is 25.2 Å². The Morgan fingerprint density at radius 1 is 0.898 bits per heavy atom. The van der Waals surface area contributed by atoms with Crippen LogP contribution in [0.2, 0.25) is 0 Å². The minimum atomic E-state index is -1.12. The SMILES string of the molecule is CC(C)Cn1cnn(-c2ccc(N3CCN(c4ccc(OCC5COC(Cc6nncn6C)(c6ccc(F)cc6)O5)cc4)CC3)cc2)c1=O. The number of ether oxygens (including phenoxy) is 3. The summed E-state index contributed by atoms with van der Waals surface area (Å²) in [5, 5.41) is 12.5. The third-order valence-electron chi connectivity index (χ3n) is 9.01. The molecule has 2 atom stereocenters. The summed E-state index contributed by atoms with van der Waals surface area (Å²) in [5.74, 6) is 0.362. The van der Waals surface area contributed by atoms with Crippen LogP contribution in [0, 0.1) is 11.7 Å². The van der Waals surface area contributed by atoms with Gasteiger partial charge in [-0.2, -0.15) is 9.78 Å². The van der Waals surface area contributed by atoms with Crippen molar-refractivity contribution < 1.29 is 18.6 Å². The molecule has 2 aliphatic rings. The maximum absolute atomic E-state index is 13.7. The van der Waals surface area contributed by atoms with Gasteiger partial charge in [-0.25, -0.2) is 9.18 Å². The van der Waals surface area contributed by atoms with Gasteiger partial charge < -0.3 is 28.6 Å². The van der Waals surface area contributed by atoms with E-state index in [-0.39, 0.29) is 17.6 Å². The maximum atomic E-state index is 13.7. The van der Waals surface area contributed by atoms with Crippen LogP contribution in [0.25, 0.3) is 5.69 Å². The van der Waals surface area contributed by atoms with Gasteiger partial charge in [0, 0.05) is 56.7 Å². The quantitative estimate of drug-likeness (QED) is 0.205. The molecule has 0 amide bonds. The molecule has 2 aliphatic heterocycles. The highest BCUT2D eigenvalue weighted by molar-refractivity contribution is 5.54. The molecule has 4 heterocycles. The summed E-state index contributed by atoms with van der Waals surface area (Å²) in [5.41, 5.74) is 3.62. The summed E-state index contributed by atoms with van der Waals surface area (Å²) in [6, 6.07) is 22.3. The average Bonchev–Trinajstić information content (AvgIpc) is 3.83. The molecule has 0 spiro atoms. The molecule has 2 fully saturated rings. The van der Waals surface area contributed by atoms with E-state index in [9.17, 15) is 9.18 Å². The van der Waals surface area contributed by atoms with Gasteiger partial charge in [-0.3, -0.25) is 4.57 Å². The van der Waals surface area contributed by atoms with Gasteiger partial charge in [-0.15, -0.1) is 10.2 Å². The van der Waals surface area contributed by atoms with Crippen molar-refractivity contribution in [1.82, 2.24) is 29.1 Å². The van der Waals surface area contributed by atoms with E-state index in [0.29, 0.717) is 43.5 Å². The number of hydrogen-bond acceptors (Lipinski definition) is 9. The van der Waals surface area contributed by atoms with Crippen LogP contribution in [-0.4, -0.2) is 74.6 Å². The Labute approximate surface area is 284 Å². The number of benzene rings is 3. The number of rotatable bonds is 11. The van der Waals surface area contributed by atoms with Crippen molar-refractivity contribution in [3.05, 3.63) is 113 Å². The van der Waals surface area contributed by atoms with E-state index in [2.05, 4.69) is 63.2 Å². The summed E-state index contributed by atoms with van der Waals surface area (Å²) in [4.78, 5) is 17.5. The number of aromatic nitrogens is 6. The Hall–Kier alpha value is -5.01. The fraction of sp³-hybridized carbons (Fsp3) is 0.389. The van der Waals surface area contributed by atoms with Gasteiger partial charge in [-0.05, 0) is 66.6 Å². The van der Waals surface area contributed by atoms with E-state index in [1.807, 2.05) is 35.9 Å². The molecule has 0 radical (unpaired) electrons. The van der Waals surface area contributed by atoms with E-state index < -0.39 is 5.79 Å². The lowest BCUT2D eigenvalue weighted by molar-refractivity contribution is -0.179. The molecule has 7 rings (SSSR count). The zero-order chi connectivity index (χ0) is 34.0. The molecular formula is C36H41FN8O4. The maximum Gasteiger partial charge on any atom is 0.350 e. The fourth-order valence-corrected chi connectivity index (χ4v) is 6.37. The van der Waals surface area contributed by atoms with Gasteiger partial charge in [0.2, 0.25) is 5.79 Å². The molecule has 12 nitrogen and oxygen atoms in total.